The van der Waals surface area contributed by atoms with Gasteiger partial charge in [-0.2, -0.15) is 4.80 Å². The lowest BCUT2D eigenvalue weighted by molar-refractivity contribution is -0.122. The maximum atomic E-state index is 12.0. The van der Waals surface area contributed by atoms with Crippen molar-refractivity contribution in [3.63, 3.8) is 0 Å². The number of hydrogen-bond acceptors (Lipinski definition) is 6. The van der Waals surface area contributed by atoms with Crippen LogP contribution in [0.2, 0.25) is 0 Å². The van der Waals surface area contributed by atoms with Gasteiger partial charge in [0.1, 0.15) is 12.3 Å². The van der Waals surface area contributed by atoms with Crippen LogP contribution in [-0.2, 0) is 17.9 Å². The number of benzene rings is 1. The Morgan fingerprint density at radius 3 is 3.04 bits per heavy atom. The van der Waals surface area contributed by atoms with Gasteiger partial charge in [0.25, 0.3) is 0 Å². The molecule has 7 nitrogen and oxygen atoms in total. The lowest BCUT2D eigenvalue weighted by Crippen LogP contribution is -2.28. The lowest BCUT2D eigenvalue weighted by atomic mass is 10.2. The third-order valence-electron chi connectivity index (χ3n) is 3.18. The monoisotopic (exact) mass is 343 g/mol. The molecular weight excluding hydrogens is 326 g/mol. The molecule has 24 heavy (non-hydrogen) atoms. The summed E-state index contributed by atoms with van der Waals surface area (Å²) in [7, 11) is 0. The van der Waals surface area contributed by atoms with E-state index in [-0.39, 0.29) is 12.5 Å². The molecule has 0 aliphatic rings. The van der Waals surface area contributed by atoms with Gasteiger partial charge in [-0.25, -0.2) is 0 Å². The standard InChI is InChI=1S/C16H17N5O2S/c1-2-23-13-6-3-5-12(9-13)10-17-15(22)11-21-19-16(18-20-21)14-7-4-8-24-14/h3-9H,2,10-11H2,1H3,(H,17,22). The molecule has 1 amide bonds. The first-order valence-electron chi connectivity index (χ1n) is 7.54. The van der Waals surface area contributed by atoms with Crippen LogP contribution in [0.25, 0.3) is 10.7 Å². The second-order valence-electron chi connectivity index (χ2n) is 4.98. The molecule has 0 radical (unpaired) electrons. The van der Waals surface area contributed by atoms with Gasteiger partial charge in [0.15, 0.2) is 0 Å². The summed E-state index contributed by atoms with van der Waals surface area (Å²) in [4.78, 5) is 14.2. The van der Waals surface area contributed by atoms with Crippen LogP contribution in [0.4, 0.5) is 0 Å². The van der Waals surface area contributed by atoms with E-state index in [2.05, 4.69) is 20.7 Å². The minimum atomic E-state index is -0.174. The first-order valence-corrected chi connectivity index (χ1v) is 8.42. The summed E-state index contributed by atoms with van der Waals surface area (Å²) in [5.41, 5.74) is 0.972. The van der Waals surface area contributed by atoms with Gasteiger partial charge in [-0.3, -0.25) is 4.79 Å². The first-order chi connectivity index (χ1) is 11.7. The molecule has 0 aliphatic carbocycles. The van der Waals surface area contributed by atoms with E-state index in [1.54, 1.807) is 0 Å². The number of amides is 1. The normalized spacial score (nSPS) is 10.5. The molecule has 3 aromatic rings. The summed E-state index contributed by atoms with van der Waals surface area (Å²) in [6.07, 6.45) is 0. The zero-order valence-electron chi connectivity index (χ0n) is 13.2. The highest BCUT2D eigenvalue weighted by Gasteiger charge is 2.09. The van der Waals surface area contributed by atoms with Gasteiger partial charge >= 0.3 is 0 Å². The number of ether oxygens (including phenoxy) is 1. The zero-order chi connectivity index (χ0) is 16.8. The Bertz CT molecular complexity index is 800. The number of carbonyl (C=O) groups excluding carboxylic acids is 1. The summed E-state index contributed by atoms with van der Waals surface area (Å²) in [5.74, 6) is 1.15. The van der Waals surface area contributed by atoms with E-state index in [1.165, 1.54) is 16.1 Å². The maximum Gasteiger partial charge on any atom is 0.243 e. The number of rotatable bonds is 7. The summed E-state index contributed by atoms with van der Waals surface area (Å²) in [6, 6.07) is 11.5. The van der Waals surface area contributed by atoms with Crippen LogP contribution in [0.1, 0.15) is 12.5 Å². The summed E-state index contributed by atoms with van der Waals surface area (Å²) in [5, 5.41) is 16.9. The van der Waals surface area contributed by atoms with E-state index in [0.29, 0.717) is 19.0 Å². The topological polar surface area (TPSA) is 81.9 Å². The van der Waals surface area contributed by atoms with Crippen molar-refractivity contribution in [1.82, 2.24) is 25.5 Å². The second kappa shape index (κ2) is 7.69. The molecule has 3 rings (SSSR count). The number of hydrogen-bond donors (Lipinski definition) is 1. The molecule has 1 aromatic carbocycles. The molecule has 0 fully saturated rings. The Labute approximate surface area is 143 Å². The van der Waals surface area contributed by atoms with Gasteiger partial charge in [0, 0.05) is 6.54 Å². The van der Waals surface area contributed by atoms with Crippen molar-refractivity contribution >= 4 is 17.2 Å². The molecule has 1 N–H and O–H groups in total. The minimum absolute atomic E-state index is 0.0313. The van der Waals surface area contributed by atoms with Gasteiger partial charge in [0.05, 0.1) is 11.5 Å². The zero-order valence-corrected chi connectivity index (χ0v) is 14.0. The predicted molar refractivity (Wildman–Crippen MR) is 90.6 cm³/mol. The third-order valence-corrected chi connectivity index (χ3v) is 4.04. The molecule has 0 aliphatic heterocycles. The smallest absolute Gasteiger partial charge is 0.243 e. The Balaban J connectivity index is 1.53. The Morgan fingerprint density at radius 1 is 1.33 bits per heavy atom. The number of aromatic nitrogens is 4. The van der Waals surface area contributed by atoms with E-state index < -0.39 is 0 Å². The van der Waals surface area contributed by atoms with E-state index in [4.69, 9.17) is 4.74 Å². The van der Waals surface area contributed by atoms with E-state index in [1.807, 2.05) is 48.7 Å². The summed E-state index contributed by atoms with van der Waals surface area (Å²) in [6.45, 7) is 3.00. The van der Waals surface area contributed by atoms with Gasteiger partial charge < -0.3 is 10.1 Å². The molecule has 0 bridgehead atoms. The summed E-state index contributed by atoms with van der Waals surface area (Å²) >= 11 is 1.53. The molecular formula is C16H17N5O2S. The highest BCUT2D eigenvalue weighted by Crippen LogP contribution is 2.19. The maximum absolute atomic E-state index is 12.0. The summed E-state index contributed by atoms with van der Waals surface area (Å²) < 4.78 is 5.44. The minimum Gasteiger partial charge on any atom is -0.494 e. The molecule has 8 heteroatoms. The van der Waals surface area contributed by atoms with Crippen molar-refractivity contribution in [1.29, 1.82) is 0 Å². The van der Waals surface area contributed by atoms with Gasteiger partial charge in [-0.15, -0.1) is 21.5 Å². The fourth-order valence-corrected chi connectivity index (χ4v) is 2.76. The number of nitrogens with zero attached hydrogens (tertiary/aromatic N) is 4. The number of tetrazole rings is 1. The van der Waals surface area contributed by atoms with Crippen molar-refractivity contribution in [2.75, 3.05) is 6.61 Å². The number of thiophene rings is 1. The molecule has 0 spiro atoms. The Morgan fingerprint density at radius 2 is 2.25 bits per heavy atom. The number of nitrogens with one attached hydrogen (secondary N) is 1. The van der Waals surface area contributed by atoms with Crippen molar-refractivity contribution in [2.45, 2.75) is 20.0 Å². The Hall–Kier alpha value is -2.74. The fourth-order valence-electron chi connectivity index (χ4n) is 2.11. The van der Waals surface area contributed by atoms with Crippen LogP contribution < -0.4 is 10.1 Å². The molecule has 124 valence electrons. The molecule has 0 saturated carbocycles. The van der Waals surface area contributed by atoms with E-state index in [9.17, 15) is 4.79 Å². The fraction of sp³-hybridized carbons (Fsp3) is 0.250. The quantitative estimate of drug-likeness (QED) is 0.710. The molecule has 2 heterocycles. The van der Waals surface area contributed by atoms with Crippen molar-refractivity contribution in [2.24, 2.45) is 0 Å². The predicted octanol–water partition coefficient (Wildman–Crippen LogP) is 2.12. The highest BCUT2D eigenvalue weighted by atomic mass is 32.1. The van der Waals surface area contributed by atoms with Gasteiger partial charge in [-0.1, -0.05) is 18.2 Å². The highest BCUT2D eigenvalue weighted by molar-refractivity contribution is 7.13. The van der Waals surface area contributed by atoms with Crippen LogP contribution in [0.15, 0.2) is 41.8 Å². The molecule has 2 aromatic heterocycles. The average Bonchev–Trinajstić information content (AvgIpc) is 3.25. The molecule has 0 unspecified atom stereocenters. The lowest BCUT2D eigenvalue weighted by Gasteiger charge is -2.07. The van der Waals surface area contributed by atoms with E-state index in [0.717, 1.165) is 16.2 Å². The van der Waals surface area contributed by atoms with Crippen LogP contribution in [0.5, 0.6) is 5.75 Å². The van der Waals surface area contributed by atoms with E-state index >= 15 is 0 Å². The van der Waals surface area contributed by atoms with Crippen molar-refractivity contribution in [3.05, 3.63) is 47.3 Å². The molecule has 0 atom stereocenters. The molecule has 0 saturated heterocycles. The third kappa shape index (κ3) is 4.17. The van der Waals surface area contributed by atoms with Crippen LogP contribution in [0.3, 0.4) is 0 Å². The average molecular weight is 343 g/mol. The van der Waals surface area contributed by atoms with Gasteiger partial charge in [-0.05, 0) is 41.3 Å². The van der Waals surface area contributed by atoms with Crippen LogP contribution in [0, 0.1) is 0 Å². The number of carbonyl (C=O) groups is 1. The Kier molecular flexibility index (Phi) is 5.17. The van der Waals surface area contributed by atoms with Crippen molar-refractivity contribution < 1.29 is 9.53 Å². The first kappa shape index (κ1) is 16.1. The van der Waals surface area contributed by atoms with Crippen molar-refractivity contribution in [3.8, 4) is 16.5 Å². The van der Waals surface area contributed by atoms with Crippen LogP contribution in [-0.4, -0.2) is 32.7 Å². The van der Waals surface area contributed by atoms with Gasteiger partial charge in [0.2, 0.25) is 11.7 Å². The largest absolute Gasteiger partial charge is 0.494 e. The van der Waals surface area contributed by atoms with Crippen LogP contribution >= 0.6 is 11.3 Å². The second-order valence-corrected chi connectivity index (χ2v) is 5.93. The SMILES string of the molecule is CCOc1cccc(CNC(=O)Cn2nnc(-c3cccs3)n2)c1.